The zero-order valence-electron chi connectivity index (χ0n) is 14.1. The third-order valence-electron chi connectivity index (χ3n) is 4.56. The molecule has 4 nitrogen and oxygen atoms in total. The van der Waals surface area contributed by atoms with Crippen LogP contribution in [0.1, 0.15) is 33.6 Å². The van der Waals surface area contributed by atoms with E-state index in [0.717, 1.165) is 12.8 Å². The van der Waals surface area contributed by atoms with Gasteiger partial charge in [0.25, 0.3) is 5.91 Å². The lowest BCUT2D eigenvalue weighted by Crippen LogP contribution is -2.45. The smallest absolute Gasteiger partial charge is 0.253 e. The molecule has 1 aromatic heterocycles. The summed E-state index contributed by atoms with van der Waals surface area (Å²) in [5, 5.41) is 5.66. The predicted molar refractivity (Wildman–Crippen MR) is 101 cm³/mol. The summed E-state index contributed by atoms with van der Waals surface area (Å²) in [6, 6.07) is 8.94. The van der Waals surface area contributed by atoms with Gasteiger partial charge in [-0.1, -0.05) is 11.6 Å². The fourth-order valence-corrected chi connectivity index (χ4v) is 4.02. The van der Waals surface area contributed by atoms with Crippen molar-refractivity contribution in [2.24, 2.45) is 5.92 Å². The molecule has 0 aliphatic carbocycles. The number of rotatable bonds is 4. The molecule has 0 saturated carbocycles. The van der Waals surface area contributed by atoms with Gasteiger partial charge in [0.2, 0.25) is 5.91 Å². The van der Waals surface area contributed by atoms with E-state index in [4.69, 9.17) is 11.6 Å². The molecule has 1 aliphatic heterocycles. The highest BCUT2D eigenvalue weighted by atomic mass is 35.5. The summed E-state index contributed by atoms with van der Waals surface area (Å²) in [5.74, 6) is -0.157. The van der Waals surface area contributed by atoms with Crippen LogP contribution >= 0.6 is 22.9 Å². The summed E-state index contributed by atoms with van der Waals surface area (Å²) in [7, 11) is 0. The molecule has 1 fully saturated rings. The molecule has 0 spiro atoms. The van der Waals surface area contributed by atoms with Crippen LogP contribution in [0.2, 0.25) is 5.02 Å². The Hall–Kier alpha value is -1.85. The maximum atomic E-state index is 12.6. The average Bonchev–Trinajstić information content (AvgIpc) is 3.05. The molecule has 2 aromatic rings. The largest absolute Gasteiger partial charge is 0.351 e. The fourth-order valence-electron chi connectivity index (χ4n) is 3.05. The number of amides is 2. The predicted octanol–water partition coefficient (Wildman–Crippen LogP) is 3.88. The van der Waals surface area contributed by atoms with Gasteiger partial charge >= 0.3 is 0 Å². The first-order chi connectivity index (χ1) is 12.0. The molecule has 2 heterocycles. The van der Waals surface area contributed by atoms with E-state index in [0.29, 0.717) is 30.2 Å². The van der Waals surface area contributed by atoms with Crippen molar-refractivity contribution in [1.29, 1.82) is 0 Å². The maximum Gasteiger partial charge on any atom is 0.253 e. The zero-order chi connectivity index (χ0) is 17.8. The first-order valence-electron chi connectivity index (χ1n) is 8.40. The molecular weight excluding hydrogens is 356 g/mol. The number of piperidine rings is 1. The number of aryl methyl sites for hydroxylation is 1. The van der Waals surface area contributed by atoms with Crippen LogP contribution in [-0.4, -0.2) is 29.8 Å². The summed E-state index contributed by atoms with van der Waals surface area (Å²) in [5.41, 5.74) is 1.81. The Morgan fingerprint density at radius 3 is 2.72 bits per heavy atom. The molecule has 1 aliphatic rings. The highest BCUT2D eigenvalue weighted by Crippen LogP contribution is 2.21. The van der Waals surface area contributed by atoms with Crippen LogP contribution in [0.3, 0.4) is 0 Å². The van der Waals surface area contributed by atoms with Crippen LogP contribution in [0.4, 0.5) is 0 Å². The number of likely N-dealkylation sites (tertiary alicyclic amines) is 1. The van der Waals surface area contributed by atoms with Crippen molar-refractivity contribution in [1.82, 2.24) is 10.2 Å². The van der Waals surface area contributed by atoms with Gasteiger partial charge in [-0.25, -0.2) is 0 Å². The molecule has 0 bridgehead atoms. The molecule has 3 rings (SSSR count). The quantitative estimate of drug-likeness (QED) is 0.880. The average molecular weight is 377 g/mol. The first kappa shape index (κ1) is 18.0. The van der Waals surface area contributed by atoms with Crippen LogP contribution in [-0.2, 0) is 11.3 Å². The minimum Gasteiger partial charge on any atom is -0.351 e. The molecule has 1 saturated heterocycles. The molecule has 1 aromatic carbocycles. The van der Waals surface area contributed by atoms with Gasteiger partial charge in [0.1, 0.15) is 0 Å². The molecular formula is C19H21ClN2O2S. The van der Waals surface area contributed by atoms with Gasteiger partial charge in [0.05, 0.1) is 12.5 Å². The van der Waals surface area contributed by atoms with Crippen molar-refractivity contribution < 1.29 is 9.59 Å². The molecule has 0 radical (unpaired) electrons. The Balaban J connectivity index is 1.58. The van der Waals surface area contributed by atoms with E-state index in [-0.39, 0.29) is 17.7 Å². The highest BCUT2D eigenvalue weighted by Gasteiger charge is 2.28. The Kier molecular flexibility index (Phi) is 5.76. The number of halogens is 1. The van der Waals surface area contributed by atoms with Crippen LogP contribution in [0.25, 0.3) is 0 Å². The monoisotopic (exact) mass is 376 g/mol. The van der Waals surface area contributed by atoms with Crippen molar-refractivity contribution in [2.75, 3.05) is 13.1 Å². The number of thiophene rings is 1. The summed E-state index contributed by atoms with van der Waals surface area (Å²) < 4.78 is 0. The Morgan fingerprint density at radius 2 is 2.04 bits per heavy atom. The van der Waals surface area contributed by atoms with Gasteiger partial charge in [-0.05, 0) is 61.0 Å². The Labute approximate surface area is 156 Å². The molecule has 1 unspecified atom stereocenters. The minimum absolute atomic E-state index is 0.0291. The summed E-state index contributed by atoms with van der Waals surface area (Å²) in [4.78, 5) is 28.1. The topological polar surface area (TPSA) is 49.4 Å². The maximum absolute atomic E-state index is 12.6. The Bertz CT molecular complexity index is 757. The lowest BCUT2D eigenvalue weighted by atomic mass is 9.96. The Morgan fingerprint density at radius 1 is 1.28 bits per heavy atom. The van der Waals surface area contributed by atoms with E-state index >= 15 is 0 Å². The van der Waals surface area contributed by atoms with Crippen molar-refractivity contribution in [3.63, 3.8) is 0 Å². The third-order valence-corrected chi connectivity index (χ3v) is 5.84. The third kappa shape index (κ3) is 4.41. The SMILES string of the molecule is Cc1ccsc1CNC(=O)C1CCCN(C(=O)c2ccc(Cl)cc2)C1. The summed E-state index contributed by atoms with van der Waals surface area (Å²) in [6.45, 7) is 3.76. The van der Waals surface area contributed by atoms with Gasteiger partial charge in [-0.15, -0.1) is 11.3 Å². The van der Waals surface area contributed by atoms with Crippen LogP contribution in [0.15, 0.2) is 35.7 Å². The van der Waals surface area contributed by atoms with Gasteiger partial charge in [-0.2, -0.15) is 0 Å². The van der Waals surface area contributed by atoms with E-state index in [1.807, 2.05) is 12.3 Å². The second kappa shape index (κ2) is 8.02. The van der Waals surface area contributed by atoms with E-state index in [9.17, 15) is 9.59 Å². The van der Waals surface area contributed by atoms with E-state index in [1.54, 1.807) is 40.5 Å². The number of hydrogen-bond donors (Lipinski definition) is 1. The summed E-state index contributed by atoms with van der Waals surface area (Å²) >= 11 is 7.53. The van der Waals surface area contributed by atoms with Crippen LogP contribution in [0, 0.1) is 12.8 Å². The van der Waals surface area contributed by atoms with E-state index in [1.165, 1.54) is 10.4 Å². The molecule has 25 heavy (non-hydrogen) atoms. The minimum atomic E-state index is -0.148. The molecule has 132 valence electrons. The van der Waals surface area contributed by atoms with Gasteiger partial charge in [-0.3, -0.25) is 9.59 Å². The molecule has 2 amide bonds. The molecule has 1 atom stereocenters. The first-order valence-corrected chi connectivity index (χ1v) is 9.66. The lowest BCUT2D eigenvalue weighted by molar-refractivity contribution is -0.126. The normalized spacial score (nSPS) is 17.4. The van der Waals surface area contributed by atoms with Gasteiger partial charge < -0.3 is 10.2 Å². The van der Waals surface area contributed by atoms with E-state index in [2.05, 4.69) is 11.4 Å². The second-order valence-corrected chi connectivity index (χ2v) is 7.78. The molecule has 1 N–H and O–H groups in total. The number of nitrogens with zero attached hydrogens (tertiary/aromatic N) is 1. The van der Waals surface area contributed by atoms with Gasteiger partial charge in [0.15, 0.2) is 0 Å². The number of carbonyl (C=O) groups excluding carboxylic acids is 2. The second-order valence-electron chi connectivity index (χ2n) is 6.34. The highest BCUT2D eigenvalue weighted by molar-refractivity contribution is 7.10. The van der Waals surface area contributed by atoms with Crippen molar-refractivity contribution in [2.45, 2.75) is 26.3 Å². The number of nitrogens with one attached hydrogen (secondary N) is 1. The zero-order valence-corrected chi connectivity index (χ0v) is 15.7. The molecule has 6 heteroatoms. The van der Waals surface area contributed by atoms with Crippen molar-refractivity contribution in [3.05, 3.63) is 56.7 Å². The number of hydrogen-bond acceptors (Lipinski definition) is 3. The summed E-state index contributed by atoms with van der Waals surface area (Å²) in [6.07, 6.45) is 1.66. The standard InChI is InChI=1S/C19H21ClN2O2S/c1-13-8-10-25-17(13)11-21-18(23)15-3-2-9-22(12-15)19(24)14-4-6-16(20)7-5-14/h4-8,10,15H,2-3,9,11-12H2,1H3,(H,21,23). The van der Waals surface area contributed by atoms with Crippen molar-refractivity contribution >= 4 is 34.8 Å². The number of benzene rings is 1. The fraction of sp³-hybridized carbons (Fsp3) is 0.368. The number of carbonyl (C=O) groups is 2. The van der Waals surface area contributed by atoms with E-state index < -0.39 is 0 Å². The van der Waals surface area contributed by atoms with Crippen molar-refractivity contribution in [3.8, 4) is 0 Å². The van der Waals surface area contributed by atoms with Crippen LogP contribution < -0.4 is 5.32 Å². The lowest BCUT2D eigenvalue weighted by Gasteiger charge is -2.32. The van der Waals surface area contributed by atoms with Gasteiger partial charge in [0, 0.05) is 28.6 Å². The van der Waals surface area contributed by atoms with Crippen LogP contribution in [0.5, 0.6) is 0 Å².